The molecule has 0 saturated heterocycles. The maximum atomic E-state index is 11.9. The number of benzene rings is 1. The Balaban J connectivity index is 1.32. The van der Waals surface area contributed by atoms with Gasteiger partial charge in [-0.05, 0) is 42.7 Å². The molecule has 2 aliphatic rings. The summed E-state index contributed by atoms with van der Waals surface area (Å²) in [6.07, 6.45) is 3.06. The number of fused-ring (bicyclic) bond motifs is 1. The van der Waals surface area contributed by atoms with Gasteiger partial charge in [-0.2, -0.15) is 0 Å². The molecule has 7 heteroatoms. The summed E-state index contributed by atoms with van der Waals surface area (Å²) in [6.45, 7) is 0.866. The lowest BCUT2D eigenvalue weighted by molar-refractivity contribution is -0.122. The van der Waals surface area contributed by atoms with Crippen molar-refractivity contribution in [3.05, 3.63) is 35.9 Å². The fourth-order valence-corrected chi connectivity index (χ4v) is 2.64. The first kappa shape index (κ1) is 14.7. The fraction of sp³-hybridized carbons (Fsp3) is 0.353. The number of carbonyl (C=O) groups is 1. The second-order valence-electron chi connectivity index (χ2n) is 5.96. The van der Waals surface area contributed by atoms with Gasteiger partial charge in [-0.1, -0.05) is 12.5 Å². The molecule has 0 atom stereocenters. The summed E-state index contributed by atoms with van der Waals surface area (Å²) in [4.78, 5) is 11.9. The Hall–Kier alpha value is -2.83. The SMILES string of the molecule is O=C(Nc1ccc(NCc2ccc3c(c2)OCO3)nn1)C1CCC1. The molecule has 1 amide bonds. The Morgan fingerprint density at radius 3 is 2.62 bits per heavy atom. The van der Waals surface area contributed by atoms with Crippen LogP contribution in [0, 0.1) is 5.92 Å². The third-order valence-electron chi connectivity index (χ3n) is 4.30. The van der Waals surface area contributed by atoms with E-state index in [4.69, 9.17) is 9.47 Å². The minimum atomic E-state index is 0.0385. The molecule has 1 fully saturated rings. The summed E-state index contributed by atoms with van der Waals surface area (Å²) in [6, 6.07) is 9.36. The van der Waals surface area contributed by atoms with Crippen LogP contribution in [0.4, 0.5) is 11.6 Å². The first-order valence-corrected chi connectivity index (χ1v) is 8.05. The van der Waals surface area contributed by atoms with Gasteiger partial charge in [-0.15, -0.1) is 10.2 Å². The van der Waals surface area contributed by atoms with E-state index in [1.165, 1.54) is 0 Å². The summed E-state index contributed by atoms with van der Waals surface area (Å²) in [5.74, 6) is 2.83. The van der Waals surface area contributed by atoms with Gasteiger partial charge in [0, 0.05) is 12.5 Å². The Bertz CT molecular complexity index is 744. The third kappa shape index (κ3) is 3.10. The smallest absolute Gasteiger partial charge is 0.231 e. The van der Waals surface area contributed by atoms with Crippen molar-refractivity contribution < 1.29 is 14.3 Å². The molecule has 0 spiro atoms. The van der Waals surface area contributed by atoms with Crippen molar-refractivity contribution in [1.29, 1.82) is 0 Å². The van der Waals surface area contributed by atoms with E-state index in [1.807, 2.05) is 18.2 Å². The molecular weight excluding hydrogens is 308 g/mol. The van der Waals surface area contributed by atoms with Gasteiger partial charge in [0.05, 0.1) is 0 Å². The van der Waals surface area contributed by atoms with Gasteiger partial charge in [0.25, 0.3) is 0 Å². The van der Waals surface area contributed by atoms with Crippen LogP contribution in [0.2, 0.25) is 0 Å². The molecule has 7 nitrogen and oxygen atoms in total. The number of rotatable bonds is 5. The number of nitrogens with zero attached hydrogens (tertiary/aromatic N) is 2. The van der Waals surface area contributed by atoms with Crippen molar-refractivity contribution in [1.82, 2.24) is 10.2 Å². The largest absolute Gasteiger partial charge is 0.454 e. The van der Waals surface area contributed by atoms with Crippen molar-refractivity contribution in [3.63, 3.8) is 0 Å². The summed E-state index contributed by atoms with van der Waals surface area (Å²) >= 11 is 0. The van der Waals surface area contributed by atoms with Crippen LogP contribution in [-0.4, -0.2) is 22.9 Å². The van der Waals surface area contributed by atoms with Crippen LogP contribution in [0.15, 0.2) is 30.3 Å². The van der Waals surface area contributed by atoms with Gasteiger partial charge in [0.2, 0.25) is 12.7 Å². The second-order valence-corrected chi connectivity index (χ2v) is 5.96. The van der Waals surface area contributed by atoms with E-state index in [0.717, 1.165) is 36.3 Å². The molecule has 4 rings (SSSR count). The number of nitrogens with one attached hydrogen (secondary N) is 2. The minimum absolute atomic E-state index is 0.0385. The summed E-state index contributed by atoms with van der Waals surface area (Å²) < 4.78 is 10.6. The number of aromatic nitrogens is 2. The zero-order valence-electron chi connectivity index (χ0n) is 13.1. The zero-order chi connectivity index (χ0) is 16.4. The van der Waals surface area contributed by atoms with Crippen LogP contribution < -0.4 is 20.1 Å². The Morgan fingerprint density at radius 2 is 1.88 bits per heavy atom. The second kappa shape index (κ2) is 6.35. The maximum absolute atomic E-state index is 11.9. The topological polar surface area (TPSA) is 85.4 Å². The number of anilines is 2. The number of amides is 1. The monoisotopic (exact) mass is 326 g/mol. The van der Waals surface area contributed by atoms with Crippen molar-refractivity contribution >= 4 is 17.5 Å². The molecule has 1 aliphatic heterocycles. The maximum Gasteiger partial charge on any atom is 0.231 e. The van der Waals surface area contributed by atoms with E-state index in [2.05, 4.69) is 20.8 Å². The predicted octanol–water partition coefficient (Wildman–Crippen LogP) is 2.56. The van der Waals surface area contributed by atoms with Crippen molar-refractivity contribution in [3.8, 4) is 11.5 Å². The molecule has 1 aliphatic carbocycles. The van der Waals surface area contributed by atoms with E-state index >= 15 is 0 Å². The van der Waals surface area contributed by atoms with Crippen molar-refractivity contribution in [2.75, 3.05) is 17.4 Å². The number of carbonyl (C=O) groups excluding carboxylic acids is 1. The van der Waals surface area contributed by atoms with Crippen molar-refractivity contribution in [2.24, 2.45) is 5.92 Å². The average Bonchev–Trinajstić information content (AvgIpc) is 3.00. The highest BCUT2D eigenvalue weighted by Gasteiger charge is 2.25. The first-order chi connectivity index (χ1) is 11.8. The Kier molecular flexibility index (Phi) is 3.90. The van der Waals surface area contributed by atoms with E-state index in [-0.39, 0.29) is 18.6 Å². The van der Waals surface area contributed by atoms with Crippen LogP contribution in [0.5, 0.6) is 11.5 Å². The Morgan fingerprint density at radius 1 is 1.08 bits per heavy atom. The summed E-state index contributed by atoms with van der Waals surface area (Å²) in [5.41, 5.74) is 1.06. The predicted molar refractivity (Wildman–Crippen MR) is 87.9 cm³/mol. The normalized spacial score (nSPS) is 15.7. The molecule has 1 aromatic carbocycles. The van der Waals surface area contributed by atoms with Gasteiger partial charge in [0.1, 0.15) is 5.82 Å². The summed E-state index contributed by atoms with van der Waals surface area (Å²) in [5, 5.41) is 14.1. The van der Waals surface area contributed by atoms with Crippen LogP contribution in [-0.2, 0) is 11.3 Å². The number of hydrogen-bond donors (Lipinski definition) is 2. The number of hydrogen-bond acceptors (Lipinski definition) is 6. The van der Waals surface area contributed by atoms with Gasteiger partial charge in [0.15, 0.2) is 17.3 Å². The highest BCUT2D eigenvalue weighted by Crippen LogP contribution is 2.32. The molecule has 24 heavy (non-hydrogen) atoms. The van der Waals surface area contributed by atoms with Crippen LogP contribution in [0.1, 0.15) is 24.8 Å². The molecule has 0 bridgehead atoms. The van der Waals surface area contributed by atoms with Gasteiger partial charge < -0.3 is 20.1 Å². The highest BCUT2D eigenvalue weighted by atomic mass is 16.7. The minimum Gasteiger partial charge on any atom is -0.454 e. The average molecular weight is 326 g/mol. The quantitative estimate of drug-likeness (QED) is 0.878. The van der Waals surface area contributed by atoms with Crippen LogP contribution >= 0.6 is 0 Å². The lowest BCUT2D eigenvalue weighted by atomic mass is 9.85. The van der Waals surface area contributed by atoms with Gasteiger partial charge in [-0.3, -0.25) is 4.79 Å². The molecule has 1 aromatic heterocycles. The van der Waals surface area contributed by atoms with E-state index < -0.39 is 0 Å². The standard InChI is InChI=1S/C17H18N4O3/c22-17(12-2-1-3-12)19-16-7-6-15(20-21-16)18-9-11-4-5-13-14(8-11)24-10-23-13/h4-8,12H,1-3,9-10H2,(H,18,20)(H,19,21,22). The van der Waals surface area contributed by atoms with E-state index in [0.29, 0.717) is 18.2 Å². The Labute approximate surface area is 139 Å². The third-order valence-corrected chi connectivity index (χ3v) is 4.30. The highest BCUT2D eigenvalue weighted by molar-refractivity contribution is 5.92. The molecule has 0 radical (unpaired) electrons. The lowest BCUT2D eigenvalue weighted by Gasteiger charge is -2.23. The molecule has 1 saturated carbocycles. The van der Waals surface area contributed by atoms with E-state index in [9.17, 15) is 4.79 Å². The van der Waals surface area contributed by atoms with Crippen LogP contribution in [0.3, 0.4) is 0 Å². The molecular formula is C17H18N4O3. The molecule has 2 N–H and O–H groups in total. The first-order valence-electron chi connectivity index (χ1n) is 8.05. The van der Waals surface area contributed by atoms with Gasteiger partial charge >= 0.3 is 0 Å². The van der Waals surface area contributed by atoms with Crippen molar-refractivity contribution in [2.45, 2.75) is 25.8 Å². The zero-order valence-corrected chi connectivity index (χ0v) is 13.1. The lowest BCUT2D eigenvalue weighted by Crippen LogP contribution is -2.28. The summed E-state index contributed by atoms with van der Waals surface area (Å²) in [7, 11) is 0. The molecule has 2 aromatic rings. The molecule has 2 heterocycles. The fourth-order valence-electron chi connectivity index (χ4n) is 2.64. The molecule has 0 unspecified atom stereocenters. The van der Waals surface area contributed by atoms with Gasteiger partial charge in [-0.25, -0.2) is 0 Å². The van der Waals surface area contributed by atoms with E-state index in [1.54, 1.807) is 12.1 Å². The number of ether oxygens (including phenoxy) is 2. The molecule has 124 valence electrons. The van der Waals surface area contributed by atoms with Crippen LogP contribution in [0.25, 0.3) is 0 Å².